The number of hydrogen-bond acceptors (Lipinski definition) is 2. The zero-order valence-electron chi connectivity index (χ0n) is 6.52. The fourth-order valence-electron chi connectivity index (χ4n) is 1.17. The van der Waals surface area contributed by atoms with Crippen LogP contribution < -0.4 is 0 Å². The zero-order chi connectivity index (χ0) is 9.30. The molecule has 0 bridgehead atoms. The molecule has 1 rings (SSSR count). The molecule has 0 fully saturated rings. The van der Waals surface area contributed by atoms with E-state index in [0.29, 0.717) is 0 Å². The number of carboxylic acids is 1. The van der Waals surface area contributed by atoms with Crippen molar-refractivity contribution in [2.45, 2.75) is 13.0 Å². The van der Waals surface area contributed by atoms with Crippen molar-refractivity contribution < 1.29 is 19.8 Å². The molecule has 0 radical (unpaired) electrons. The van der Waals surface area contributed by atoms with Gasteiger partial charge in [0, 0.05) is 6.54 Å². The number of hydrogen-bond donors (Lipinski definition) is 2. The van der Waals surface area contributed by atoms with E-state index < -0.39 is 18.1 Å². The maximum atomic E-state index is 10.5. The van der Waals surface area contributed by atoms with Crippen molar-refractivity contribution in [1.82, 2.24) is 4.90 Å². The van der Waals surface area contributed by atoms with Gasteiger partial charge in [-0.25, -0.2) is 9.59 Å². The maximum Gasteiger partial charge on any atom is 0.408 e. The van der Waals surface area contributed by atoms with E-state index in [9.17, 15) is 9.59 Å². The van der Waals surface area contributed by atoms with Crippen molar-refractivity contribution >= 4 is 12.1 Å². The second kappa shape index (κ2) is 2.84. The molecule has 5 nitrogen and oxygen atoms in total. The predicted molar refractivity (Wildman–Crippen MR) is 39.9 cm³/mol. The molecule has 1 aliphatic rings. The van der Waals surface area contributed by atoms with Gasteiger partial charge in [0.05, 0.1) is 0 Å². The molecule has 0 aromatic rings. The first kappa shape index (κ1) is 8.58. The van der Waals surface area contributed by atoms with E-state index in [1.54, 1.807) is 6.92 Å². The zero-order valence-corrected chi connectivity index (χ0v) is 6.52. The minimum atomic E-state index is -1.20. The molecule has 0 aliphatic carbocycles. The van der Waals surface area contributed by atoms with Crippen molar-refractivity contribution in [3.8, 4) is 0 Å². The summed E-state index contributed by atoms with van der Waals surface area (Å²) in [6.07, 6.45) is 0.242. The van der Waals surface area contributed by atoms with Gasteiger partial charge in [0.25, 0.3) is 0 Å². The van der Waals surface area contributed by atoms with Gasteiger partial charge in [-0.3, -0.25) is 4.90 Å². The van der Waals surface area contributed by atoms with Crippen molar-refractivity contribution in [2.24, 2.45) is 0 Å². The molecular formula is C7H9NO4. The van der Waals surface area contributed by atoms with Crippen molar-refractivity contribution in [2.75, 3.05) is 6.54 Å². The lowest BCUT2D eigenvalue weighted by molar-refractivity contribution is -0.140. The fraction of sp³-hybridized carbons (Fsp3) is 0.429. The normalized spacial score (nSPS) is 22.2. The number of nitrogens with zero attached hydrogens (tertiary/aromatic N) is 1. The molecule has 1 unspecified atom stereocenters. The molecule has 1 atom stereocenters. The van der Waals surface area contributed by atoms with E-state index in [4.69, 9.17) is 10.2 Å². The Hall–Kier alpha value is -1.52. The highest BCUT2D eigenvalue weighted by Gasteiger charge is 2.32. The summed E-state index contributed by atoms with van der Waals surface area (Å²) in [5.41, 5.74) is 0.768. The topological polar surface area (TPSA) is 77.8 Å². The van der Waals surface area contributed by atoms with E-state index in [2.05, 4.69) is 0 Å². The molecule has 0 saturated carbocycles. The predicted octanol–water partition coefficient (Wildman–Crippen LogP) is 0.380. The van der Waals surface area contributed by atoms with Crippen LogP contribution in [0.15, 0.2) is 11.6 Å². The largest absolute Gasteiger partial charge is 0.479 e. The summed E-state index contributed by atoms with van der Waals surface area (Å²) in [5, 5.41) is 17.2. The first-order valence-electron chi connectivity index (χ1n) is 3.42. The summed E-state index contributed by atoms with van der Waals surface area (Å²) in [4.78, 5) is 21.9. The highest BCUT2D eigenvalue weighted by atomic mass is 16.4. The first-order chi connectivity index (χ1) is 5.52. The molecule has 0 aromatic heterocycles. The smallest absolute Gasteiger partial charge is 0.408 e. The van der Waals surface area contributed by atoms with Gasteiger partial charge in [-0.05, 0) is 6.92 Å². The van der Waals surface area contributed by atoms with Gasteiger partial charge in [-0.2, -0.15) is 0 Å². The molecule has 12 heavy (non-hydrogen) atoms. The Labute approximate surface area is 68.9 Å². The molecule has 1 heterocycles. The SMILES string of the molecule is CC1=CC(C(=O)O)N(C(=O)O)C1. The summed E-state index contributed by atoms with van der Waals surface area (Å²) in [6, 6.07) is -1.01. The number of carboxylic acid groups (broad SMARTS) is 2. The van der Waals surface area contributed by atoms with E-state index in [1.165, 1.54) is 6.08 Å². The molecule has 66 valence electrons. The van der Waals surface area contributed by atoms with Gasteiger partial charge >= 0.3 is 12.1 Å². The summed E-state index contributed by atoms with van der Waals surface area (Å²) >= 11 is 0. The van der Waals surface area contributed by atoms with Gasteiger partial charge in [-0.1, -0.05) is 11.6 Å². The minimum Gasteiger partial charge on any atom is -0.479 e. The third-order valence-electron chi connectivity index (χ3n) is 1.70. The summed E-state index contributed by atoms with van der Waals surface area (Å²) in [7, 11) is 0. The molecule has 1 aliphatic heterocycles. The molecule has 2 N–H and O–H groups in total. The Morgan fingerprint density at radius 1 is 1.58 bits per heavy atom. The van der Waals surface area contributed by atoms with Crippen LogP contribution >= 0.6 is 0 Å². The molecule has 0 aromatic carbocycles. The summed E-state index contributed by atoms with van der Waals surface area (Å²) in [5.74, 6) is -1.13. The van der Waals surface area contributed by atoms with Crippen LogP contribution in [0.4, 0.5) is 4.79 Å². The van der Waals surface area contributed by atoms with Gasteiger partial charge < -0.3 is 10.2 Å². The number of rotatable bonds is 1. The van der Waals surface area contributed by atoms with Crippen LogP contribution in [0.25, 0.3) is 0 Å². The lowest BCUT2D eigenvalue weighted by Crippen LogP contribution is -2.40. The van der Waals surface area contributed by atoms with Crippen LogP contribution in [0.3, 0.4) is 0 Å². The van der Waals surface area contributed by atoms with Gasteiger partial charge in [0.2, 0.25) is 0 Å². The Kier molecular flexibility index (Phi) is 2.03. The highest BCUT2D eigenvalue weighted by Crippen LogP contribution is 2.15. The lowest BCUT2D eigenvalue weighted by Gasteiger charge is -2.16. The Bertz CT molecular complexity index is 258. The maximum absolute atomic E-state index is 10.5. The van der Waals surface area contributed by atoms with Crippen LogP contribution in [-0.2, 0) is 4.79 Å². The van der Waals surface area contributed by atoms with Gasteiger partial charge in [0.15, 0.2) is 6.04 Å². The Morgan fingerprint density at radius 2 is 2.17 bits per heavy atom. The Balaban J connectivity index is 2.81. The summed E-state index contributed by atoms with van der Waals surface area (Å²) in [6.45, 7) is 1.89. The fourth-order valence-corrected chi connectivity index (χ4v) is 1.17. The Morgan fingerprint density at radius 3 is 2.50 bits per heavy atom. The molecule has 0 spiro atoms. The average molecular weight is 171 g/mol. The highest BCUT2D eigenvalue weighted by molar-refractivity contribution is 5.82. The number of amides is 1. The van der Waals surface area contributed by atoms with Crippen molar-refractivity contribution in [3.63, 3.8) is 0 Å². The van der Waals surface area contributed by atoms with E-state index in [1.807, 2.05) is 0 Å². The summed E-state index contributed by atoms with van der Waals surface area (Å²) < 4.78 is 0. The van der Waals surface area contributed by atoms with E-state index >= 15 is 0 Å². The van der Waals surface area contributed by atoms with Crippen LogP contribution in [-0.4, -0.2) is 39.8 Å². The van der Waals surface area contributed by atoms with Crippen LogP contribution in [0, 0.1) is 0 Å². The molecule has 5 heteroatoms. The van der Waals surface area contributed by atoms with E-state index in [0.717, 1.165) is 10.5 Å². The van der Waals surface area contributed by atoms with E-state index in [-0.39, 0.29) is 6.54 Å². The average Bonchev–Trinajstić information content (AvgIpc) is 2.31. The second-order valence-corrected chi connectivity index (χ2v) is 2.71. The van der Waals surface area contributed by atoms with Crippen molar-refractivity contribution in [3.05, 3.63) is 11.6 Å². The molecular weight excluding hydrogens is 162 g/mol. The first-order valence-corrected chi connectivity index (χ1v) is 3.42. The number of carbonyl (C=O) groups is 2. The second-order valence-electron chi connectivity index (χ2n) is 2.71. The lowest BCUT2D eigenvalue weighted by atomic mass is 10.2. The third-order valence-corrected chi connectivity index (χ3v) is 1.70. The van der Waals surface area contributed by atoms with Crippen molar-refractivity contribution in [1.29, 1.82) is 0 Å². The quantitative estimate of drug-likeness (QED) is 0.559. The molecule has 0 saturated heterocycles. The molecule has 1 amide bonds. The standard InChI is InChI=1S/C7H9NO4/c1-4-2-5(6(9)10)8(3-4)7(11)12/h2,5H,3H2,1H3,(H,9,10)(H,11,12). The van der Waals surface area contributed by atoms with Gasteiger partial charge in [-0.15, -0.1) is 0 Å². The van der Waals surface area contributed by atoms with Crippen LogP contribution in [0.1, 0.15) is 6.92 Å². The van der Waals surface area contributed by atoms with Crippen LogP contribution in [0.2, 0.25) is 0 Å². The monoisotopic (exact) mass is 171 g/mol. The van der Waals surface area contributed by atoms with Crippen LogP contribution in [0.5, 0.6) is 0 Å². The minimum absolute atomic E-state index is 0.187. The number of aliphatic carboxylic acids is 1. The third kappa shape index (κ3) is 1.39. The van der Waals surface area contributed by atoms with Gasteiger partial charge in [0.1, 0.15) is 0 Å².